The lowest BCUT2D eigenvalue weighted by Gasteiger charge is -2.40. The molecule has 1 heterocycles. The minimum Gasteiger partial charge on any atom is -0.496 e. The Morgan fingerprint density at radius 2 is 1.82 bits per heavy atom. The van der Waals surface area contributed by atoms with E-state index in [2.05, 4.69) is 21.6 Å². The predicted molar refractivity (Wildman–Crippen MR) is 128 cm³/mol. The number of rotatable bonds is 7. The van der Waals surface area contributed by atoms with Crippen molar-refractivity contribution in [3.63, 3.8) is 0 Å². The Balaban J connectivity index is 1.65. The zero-order valence-corrected chi connectivity index (χ0v) is 20.4. The van der Waals surface area contributed by atoms with Gasteiger partial charge in [-0.2, -0.15) is 0 Å². The highest BCUT2D eigenvalue weighted by atomic mass is 32.2. The molecule has 0 atom stereocenters. The van der Waals surface area contributed by atoms with E-state index in [0.717, 1.165) is 18.4 Å². The van der Waals surface area contributed by atoms with Crippen molar-refractivity contribution in [3.05, 3.63) is 59.7 Å². The summed E-state index contributed by atoms with van der Waals surface area (Å²) >= 11 is 0. The van der Waals surface area contributed by atoms with Crippen LogP contribution in [0.3, 0.4) is 0 Å². The second-order valence-electron chi connectivity index (χ2n) is 8.55. The fraction of sp³-hybridized carbons (Fsp3) is 0.435. The van der Waals surface area contributed by atoms with E-state index in [1.54, 1.807) is 25.1 Å². The lowest BCUT2D eigenvalue weighted by Crippen LogP contribution is -2.44. The molecule has 0 radical (unpaired) electrons. The monoisotopic (exact) mass is 491 g/mol. The predicted octanol–water partition coefficient (Wildman–Crippen LogP) is 2.55. The zero-order chi connectivity index (χ0) is 23.7. The van der Waals surface area contributed by atoms with Crippen LogP contribution >= 0.6 is 0 Å². The molecule has 33 heavy (non-hydrogen) atoms. The van der Waals surface area contributed by atoms with Gasteiger partial charge in [0.1, 0.15) is 16.5 Å². The number of amidine groups is 1. The normalized spacial score (nSPS) is 25.4. The van der Waals surface area contributed by atoms with Gasteiger partial charge in [0.05, 0.1) is 25.0 Å². The molecule has 2 aromatic rings. The van der Waals surface area contributed by atoms with E-state index in [-0.39, 0.29) is 27.9 Å². The zero-order valence-electron chi connectivity index (χ0n) is 18.7. The lowest BCUT2D eigenvalue weighted by molar-refractivity contribution is 0.268. The van der Waals surface area contributed by atoms with Crippen LogP contribution in [0.15, 0.2) is 58.4 Å². The van der Waals surface area contributed by atoms with E-state index in [0.29, 0.717) is 30.7 Å². The first-order valence-corrected chi connectivity index (χ1v) is 14.1. The molecule has 1 saturated carbocycles. The van der Waals surface area contributed by atoms with Gasteiger partial charge >= 0.3 is 0 Å². The molecule has 1 aliphatic carbocycles. The highest BCUT2D eigenvalue weighted by molar-refractivity contribution is 7.90. The number of hydrogen-bond acceptors (Lipinski definition) is 6. The van der Waals surface area contributed by atoms with E-state index >= 15 is 0 Å². The van der Waals surface area contributed by atoms with Crippen molar-refractivity contribution in [2.24, 2.45) is 4.99 Å². The van der Waals surface area contributed by atoms with Crippen LogP contribution in [0.5, 0.6) is 5.75 Å². The second-order valence-corrected chi connectivity index (χ2v) is 12.2. The third-order valence-corrected chi connectivity index (χ3v) is 9.39. The molecule has 0 amide bonds. The van der Waals surface area contributed by atoms with Gasteiger partial charge in [-0.05, 0) is 50.3 Å². The molecule has 8 nitrogen and oxygen atoms in total. The summed E-state index contributed by atoms with van der Waals surface area (Å²) in [5.41, 5.74) is 1.25. The summed E-state index contributed by atoms with van der Waals surface area (Å²) in [7, 11) is -5.46. The molecule has 2 N–H and O–H groups in total. The van der Waals surface area contributed by atoms with Crippen LogP contribution in [-0.4, -0.2) is 48.1 Å². The Morgan fingerprint density at radius 3 is 2.45 bits per heavy atom. The van der Waals surface area contributed by atoms with Crippen molar-refractivity contribution in [2.75, 3.05) is 19.4 Å². The van der Waals surface area contributed by atoms with Crippen molar-refractivity contribution in [1.82, 2.24) is 9.44 Å². The molecular weight excluding hydrogens is 462 g/mol. The van der Waals surface area contributed by atoms with E-state index < -0.39 is 20.0 Å². The molecule has 2 aromatic carbocycles. The van der Waals surface area contributed by atoms with Gasteiger partial charge < -0.3 is 4.74 Å². The SMILES string of the molecule is CCS(=O)(=O)NC1CCC(CN=C2NS(=O)(=O)c3cccc(OC)c32)(c2ccccc2)CC1. The third-order valence-electron chi connectivity index (χ3n) is 6.56. The van der Waals surface area contributed by atoms with E-state index in [4.69, 9.17) is 9.73 Å². The molecule has 1 fully saturated rings. The molecular formula is C23H29N3O5S2. The maximum absolute atomic E-state index is 12.6. The van der Waals surface area contributed by atoms with Crippen LogP contribution in [0, 0.1) is 0 Å². The topological polar surface area (TPSA) is 114 Å². The average Bonchev–Trinajstić information content (AvgIpc) is 3.09. The summed E-state index contributed by atoms with van der Waals surface area (Å²) in [6.07, 6.45) is 2.83. The minimum absolute atomic E-state index is 0.0579. The number of fused-ring (bicyclic) bond motifs is 1. The Kier molecular flexibility index (Phi) is 6.52. The number of hydrogen-bond donors (Lipinski definition) is 2. The van der Waals surface area contributed by atoms with E-state index in [9.17, 15) is 16.8 Å². The highest BCUT2D eigenvalue weighted by Crippen LogP contribution is 2.41. The molecule has 4 rings (SSSR count). The van der Waals surface area contributed by atoms with Gasteiger partial charge in [-0.1, -0.05) is 36.4 Å². The summed E-state index contributed by atoms with van der Waals surface area (Å²) in [4.78, 5) is 4.92. The quantitative estimate of drug-likeness (QED) is 0.618. The third kappa shape index (κ3) is 4.78. The van der Waals surface area contributed by atoms with Gasteiger partial charge in [0.2, 0.25) is 10.0 Å². The smallest absolute Gasteiger partial charge is 0.263 e. The van der Waals surface area contributed by atoms with Crippen LogP contribution in [0.4, 0.5) is 0 Å². The second kappa shape index (κ2) is 9.08. The van der Waals surface area contributed by atoms with Crippen LogP contribution in [0.2, 0.25) is 0 Å². The van der Waals surface area contributed by atoms with Crippen molar-refractivity contribution < 1.29 is 21.6 Å². The average molecular weight is 492 g/mol. The first-order valence-electron chi connectivity index (χ1n) is 11.0. The number of nitrogens with one attached hydrogen (secondary N) is 2. The maximum Gasteiger partial charge on any atom is 0.263 e. The largest absolute Gasteiger partial charge is 0.496 e. The Morgan fingerprint density at radius 1 is 1.12 bits per heavy atom. The Hall–Kier alpha value is -2.43. The fourth-order valence-electron chi connectivity index (χ4n) is 4.67. The lowest BCUT2D eigenvalue weighted by atomic mass is 9.68. The summed E-state index contributed by atoms with van der Waals surface area (Å²) in [5.74, 6) is 0.792. The van der Waals surface area contributed by atoms with E-state index in [1.807, 2.05) is 18.2 Å². The standard InChI is InChI=1S/C23H29N3O5S2/c1-3-32(27,28)25-18-12-14-23(15-13-18,17-8-5-4-6-9-17)16-24-22-21-19(31-2)10-7-11-20(21)33(29,30)26-22/h4-11,18,25H,3,12-16H2,1-2H3,(H,24,26). The number of methoxy groups -OCH3 is 1. The molecule has 0 saturated heterocycles. The Labute approximate surface area is 195 Å². The summed E-state index contributed by atoms with van der Waals surface area (Å²) in [6, 6.07) is 14.8. The van der Waals surface area contributed by atoms with Crippen LogP contribution in [0.25, 0.3) is 0 Å². The fourth-order valence-corrected chi connectivity index (χ4v) is 6.83. The van der Waals surface area contributed by atoms with Crippen LogP contribution < -0.4 is 14.2 Å². The molecule has 10 heteroatoms. The van der Waals surface area contributed by atoms with Gasteiger partial charge in [-0.15, -0.1) is 0 Å². The van der Waals surface area contributed by atoms with Crippen molar-refractivity contribution >= 4 is 25.9 Å². The number of sulfonamides is 2. The van der Waals surface area contributed by atoms with Gasteiger partial charge in [-0.25, -0.2) is 21.6 Å². The first-order chi connectivity index (χ1) is 15.7. The van der Waals surface area contributed by atoms with Gasteiger partial charge in [0.15, 0.2) is 0 Å². The molecule has 0 aromatic heterocycles. The summed E-state index contributed by atoms with van der Waals surface area (Å²) < 4.78 is 60.1. The van der Waals surface area contributed by atoms with E-state index in [1.165, 1.54) is 7.11 Å². The van der Waals surface area contributed by atoms with Gasteiger partial charge in [0.25, 0.3) is 10.0 Å². The number of benzene rings is 2. The summed E-state index contributed by atoms with van der Waals surface area (Å²) in [6.45, 7) is 2.00. The van der Waals surface area contributed by atoms with Crippen LogP contribution in [-0.2, 0) is 25.5 Å². The number of nitrogens with zero attached hydrogens (tertiary/aromatic N) is 1. The van der Waals surface area contributed by atoms with Gasteiger partial charge in [-0.3, -0.25) is 9.71 Å². The molecule has 178 valence electrons. The maximum atomic E-state index is 12.6. The van der Waals surface area contributed by atoms with Crippen molar-refractivity contribution in [3.8, 4) is 5.75 Å². The first kappa shape index (κ1) is 23.7. The number of ether oxygens (including phenoxy) is 1. The number of aliphatic imine (C=N–C) groups is 1. The molecule has 0 unspecified atom stereocenters. The van der Waals surface area contributed by atoms with Crippen molar-refractivity contribution in [1.29, 1.82) is 0 Å². The van der Waals surface area contributed by atoms with Crippen LogP contribution in [0.1, 0.15) is 43.7 Å². The molecule has 0 spiro atoms. The minimum atomic E-state index is -3.69. The molecule has 2 aliphatic rings. The molecule has 0 bridgehead atoms. The summed E-state index contributed by atoms with van der Waals surface area (Å²) in [5, 5.41) is 0. The Bertz CT molecular complexity index is 1250. The molecule has 1 aliphatic heterocycles. The van der Waals surface area contributed by atoms with Crippen molar-refractivity contribution in [2.45, 2.75) is 49.0 Å². The highest BCUT2D eigenvalue weighted by Gasteiger charge is 2.39. The van der Waals surface area contributed by atoms with Gasteiger partial charge in [0, 0.05) is 11.5 Å².